The molecular formula is C24H28N4O2. The van der Waals surface area contributed by atoms with Crippen LogP contribution >= 0.6 is 0 Å². The monoisotopic (exact) mass is 404 g/mol. The van der Waals surface area contributed by atoms with E-state index in [0.717, 1.165) is 34.6 Å². The van der Waals surface area contributed by atoms with Crippen LogP contribution in [0.4, 0.5) is 17.3 Å². The second-order valence-electron chi connectivity index (χ2n) is 7.68. The Morgan fingerprint density at radius 3 is 2.37 bits per heavy atom. The van der Waals surface area contributed by atoms with Gasteiger partial charge in [-0.15, -0.1) is 0 Å². The topological polar surface area (TPSA) is 78.3 Å². The maximum atomic E-state index is 13.0. The van der Waals surface area contributed by atoms with Gasteiger partial charge in [0.1, 0.15) is 0 Å². The van der Waals surface area contributed by atoms with Gasteiger partial charge in [-0.25, -0.2) is 9.97 Å². The van der Waals surface area contributed by atoms with E-state index >= 15 is 0 Å². The summed E-state index contributed by atoms with van der Waals surface area (Å²) in [5.74, 6) is 0.536. The molecule has 6 nitrogen and oxygen atoms in total. The van der Waals surface area contributed by atoms with Crippen LogP contribution in [-0.2, 0) is 10.2 Å². The van der Waals surface area contributed by atoms with E-state index in [1.165, 1.54) is 0 Å². The summed E-state index contributed by atoms with van der Waals surface area (Å²) < 4.78 is 0. The molecule has 0 radical (unpaired) electrons. The Morgan fingerprint density at radius 2 is 1.70 bits per heavy atom. The number of anilines is 3. The average Bonchev–Trinajstić information content (AvgIpc) is 2.83. The molecule has 0 unspecified atom stereocenters. The molecule has 0 spiro atoms. The summed E-state index contributed by atoms with van der Waals surface area (Å²) >= 11 is 0. The van der Waals surface area contributed by atoms with Crippen molar-refractivity contribution in [2.24, 2.45) is 0 Å². The minimum atomic E-state index is -0.714. The van der Waals surface area contributed by atoms with Crippen LogP contribution in [0.15, 0.2) is 60.8 Å². The van der Waals surface area contributed by atoms with Crippen molar-refractivity contribution < 1.29 is 9.90 Å². The lowest BCUT2D eigenvalue weighted by atomic mass is 9.83. The van der Waals surface area contributed by atoms with Gasteiger partial charge in [0, 0.05) is 36.7 Å². The van der Waals surface area contributed by atoms with Crippen molar-refractivity contribution in [1.82, 2.24) is 9.97 Å². The maximum absolute atomic E-state index is 13.0. The summed E-state index contributed by atoms with van der Waals surface area (Å²) in [5.41, 5.74) is 3.61. The number of amides is 1. The Balaban J connectivity index is 0.000000589. The molecule has 1 aromatic heterocycles. The lowest BCUT2D eigenvalue weighted by Crippen LogP contribution is -2.40. The largest absolute Gasteiger partial charge is 0.396 e. The second kappa shape index (κ2) is 9.05. The number of nitrogens with one attached hydrogen (secondary N) is 1. The number of para-hydroxylation sites is 2. The van der Waals surface area contributed by atoms with Gasteiger partial charge in [0.05, 0.1) is 16.8 Å². The van der Waals surface area contributed by atoms with Crippen molar-refractivity contribution in [3.05, 3.63) is 66.4 Å². The van der Waals surface area contributed by atoms with Crippen molar-refractivity contribution in [3.63, 3.8) is 0 Å². The van der Waals surface area contributed by atoms with Crippen LogP contribution in [0.5, 0.6) is 0 Å². The van der Waals surface area contributed by atoms with Gasteiger partial charge in [0.25, 0.3) is 0 Å². The lowest BCUT2D eigenvalue weighted by molar-refractivity contribution is -0.122. The smallest absolute Gasteiger partial charge is 0.236 e. The van der Waals surface area contributed by atoms with Gasteiger partial charge in [-0.05, 0) is 38.5 Å². The number of nitrogens with zero attached hydrogens (tertiary/aromatic N) is 3. The summed E-state index contributed by atoms with van der Waals surface area (Å²) in [5, 5.41) is 11.1. The van der Waals surface area contributed by atoms with Crippen LogP contribution in [0.25, 0.3) is 11.3 Å². The van der Waals surface area contributed by atoms with Crippen molar-refractivity contribution >= 4 is 23.2 Å². The molecule has 30 heavy (non-hydrogen) atoms. The molecule has 0 bridgehead atoms. The Labute approximate surface area is 177 Å². The predicted molar refractivity (Wildman–Crippen MR) is 121 cm³/mol. The lowest BCUT2D eigenvalue weighted by Gasteiger charge is -2.27. The third-order valence-electron chi connectivity index (χ3n) is 5.08. The number of rotatable bonds is 3. The highest BCUT2D eigenvalue weighted by Gasteiger charge is 2.39. The number of carbonyl (C=O) groups excluding carboxylic acids is 1. The van der Waals surface area contributed by atoms with E-state index < -0.39 is 5.41 Å². The number of aromatic nitrogens is 2. The Bertz CT molecular complexity index is 1020. The highest BCUT2D eigenvalue weighted by atomic mass is 16.2. The first-order valence-corrected chi connectivity index (χ1v) is 10.1. The minimum absolute atomic E-state index is 0.0241. The van der Waals surface area contributed by atoms with E-state index in [-0.39, 0.29) is 5.91 Å². The van der Waals surface area contributed by atoms with Crippen LogP contribution in [-0.4, -0.2) is 34.6 Å². The van der Waals surface area contributed by atoms with Gasteiger partial charge in [-0.2, -0.15) is 0 Å². The van der Waals surface area contributed by atoms with Crippen LogP contribution in [0.2, 0.25) is 0 Å². The molecule has 6 heteroatoms. The fourth-order valence-electron chi connectivity index (χ4n) is 3.37. The molecular weight excluding hydrogens is 376 g/mol. The molecule has 2 heterocycles. The van der Waals surface area contributed by atoms with E-state index in [0.29, 0.717) is 12.6 Å². The number of likely N-dealkylation sites (N-methyl/N-ethyl adjacent to an activating group) is 1. The zero-order valence-corrected chi connectivity index (χ0v) is 17.9. The third-order valence-corrected chi connectivity index (χ3v) is 5.08. The molecule has 0 aliphatic carbocycles. The molecule has 2 aromatic carbocycles. The molecule has 4 rings (SSSR count). The number of hydrogen-bond donors (Lipinski definition) is 2. The summed E-state index contributed by atoms with van der Waals surface area (Å²) in [4.78, 5) is 24.0. The Hall–Kier alpha value is -3.25. The van der Waals surface area contributed by atoms with Crippen molar-refractivity contribution in [3.8, 4) is 11.3 Å². The molecule has 2 N–H and O–H groups in total. The van der Waals surface area contributed by atoms with E-state index in [4.69, 9.17) is 10.1 Å². The minimum Gasteiger partial charge on any atom is -0.396 e. The number of carbonyl (C=O) groups is 1. The SMILES string of the molecule is CCCO.CN1C(=O)C(C)(C)c2cnc(Nc3ccccc3)nc2-c2ccccc21. The molecule has 1 aliphatic heterocycles. The first-order valence-electron chi connectivity index (χ1n) is 10.1. The number of aliphatic hydroxyl groups is 1. The average molecular weight is 405 g/mol. The Kier molecular flexibility index (Phi) is 6.47. The molecule has 0 saturated carbocycles. The quantitative estimate of drug-likeness (QED) is 0.671. The van der Waals surface area contributed by atoms with Crippen LogP contribution in [0, 0.1) is 0 Å². The third kappa shape index (κ3) is 4.19. The number of fused-ring (bicyclic) bond motifs is 3. The zero-order valence-electron chi connectivity index (χ0n) is 17.9. The summed E-state index contributed by atoms with van der Waals surface area (Å²) in [7, 11) is 1.81. The first kappa shape index (κ1) is 21.5. The number of hydrogen-bond acceptors (Lipinski definition) is 5. The van der Waals surface area contributed by atoms with Gasteiger partial charge >= 0.3 is 0 Å². The van der Waals surface area contributed by atoms with Gasteiger partial charge < -0.3 is 15.3 Å². The number of aliphatic hydroxyl groups excluding tert-OH is 1. The fraction of sp³-hybridized carbons (Fsp3) is 0.292. The van der Waals surface area contributed by atoms with E-state index in [1.807, 2.05) is 82.4 Å². The molecule has 0 fully saturated rings. The highest BCUT2D eigenvalue weighted by Crippen LogP contribution is 2.42. The van der Waals surface area contributed by atoms with Gasteiger partial charge in [-0.1, -0.05) is 43.3 Å². The molecule has 3 aromatic rings. The highest BCUT2D eigenvalue weighted by molar-refractivity contribution is 6.06. The normalized spacial score (nSPS) is 14.0. The molecule has 156 valence electrons. The van der Waals surface area contributed by atoms with Crippen molar-refractivity contribution in [1.29, 1.82) is 0 Å². The van der Waals surface area contributed by atoms with Gasteiger partial charge in [-0.3, -0.25) is 4.79 Å². The summed E-state index contributed by atoms with van der Waals surface area (Å²) in [6.07, 6.45) is 2.64. The predicted octanol–water partition coefficient (Wildman–Crippen LogP) is 4.53. The van der Waals surface area contributed by atoms with Gasteiger partial charge in [0.2, 0.25) is 11.9 Å². The van der Waals surface area contributed by atoms with E-state index in [9.17, 15) is 4.79 Å². The summed E-state index contributed by atoms with van der Waals surface area (Å²) in [6, 6.07) is 17.6. The molecule has 0 atom stereocenters. The first-order chi connectivity index (χ1) is 14.4. The standard InChI is InChI=1S/C21H20N4O.C3H8O/c1-21(2)16-13-22-20(23-14-9-5-4-6-10-14)24-18(16)15-11-7-8-12-17(15)25(3)19(21)26;1-2-3-4/h4-13H,1-3H3,(H,22,23,24);4H,2-3H2,1H3. The van der Waals surface area contributed by atoms with E-state index in [2.05, 4.69) is 10.3 Å². The molecule has 0 saturated heterocycles. The van der Waals surface area contributed by atoms with Crippen molar-refractivity contribution in [2.45, 2.75) is 32.6 Å². The van der Waals surface area contributed by atoms with Crippen LogP contribution in [0.3, 0.4) is 0 Å². The van der Waals surface area contributed by atoms with Crippen LogP contribution < -0.4 is 10.2 Å². The fourth-order valence-corrected chi connectivity index (χ4v) is 3.37. The molecule has 1 amide bonds. The Morgan fingerprint density at radius 1 is 1.07 bits per heavy atom. The maximum Gasteiger partial charge on any atom is 0.236 e. The summed E-state index contributed by atoms with van der Waals surface area (Å²) in [6.45, 7) is 6.09. The second-order valence-corrected chi connectivity index (χ2v) is 7.68. The zero-order chi connectivity index (χ0) is 21.7. The van der Waals surface area contributed by atoms with E-state index in [1.54, 1.807) is 11.1 Å². The van der Waals surface area contributed by atoms with Gasteiger partial charge in [0.15, 0.2) is 0 Å². The van der Waals surface area contributed by atoms with Crippen molar-refractivity contribution in [2.75, 3.05) is 23.9 Å². The van der Waals surface area contributed by atoms with Crippen LogP contribution in [0.1, 0.15) is 32.8 Å². The number of benzene rings is 2. The molecule has 1 aliphatic rings.